The Bertz CT molecular complexity index is 1280. The van der Waals surface area contributed by atoms with E-state index in [1.807, 2.05) is 24.0 Å². The molecule has 5 nitrogen and oxygen atoms in total. The van der Waals surface area contributed by atoms with Gasteiger partial charge in [-0.3, -0.25) is 9.69 Å². The Hall–Kier alpha value is -3.57. The molecular formula is C30H33N3O2. The van der Waals surface area contributed by atoms with E-state index in [1.54, 1.807) is 7.11 Å². The topological polar surface area (TPSA) is 48.6 Å². The number of benzene rings is 3. The van der Waals surface area contributed by atoms with Crippen LogP contribution in [0.4, 0.5) is 0 Å². The van der Waals surface area contributed by atoms with Crippen LogP contribution in [0.5, 0.6) is 5.75 Å². The molecule has 180 valence electrons. The van der Waals surface area contributed by atoms with Crippen LogP contribution in [-0.4, -0.2) is 53.0 Å². The molecule has 2 atom stereocenters. The molecule has 5 heteroatoms. The minimum Gasteiger partial charge on any atom is -0.496 e. The van der Waals surface area contributed by atoms with Crippen molar-refractivity contribution in [1.29, 1.82) is 0 Å². The van der Waals surface area contributed by atoms with Crippen LogP contribution in [0.25, 0.3) is 10.9 Å². The number of fused-ring (bicyclic) bond motifs is 1. The van der Waals surface area contributed by atoms with Crippen molar-refractivity contribution in [2.24, 2.45) is 0 Å². The molecule has 4 aromatic rings. The number of carbonyl (C=O) groups is 1. The number of nitrogens with one attached hydrogen (secondary N) is 1. The standard InChI is InChI=1S/C30H33N3O2/c1-20-15-25-16-26(28(35-4)17-27(25)31-20)30(34)33-19-21(2)32(18-22(33)3)29(23-11-7-5-8-12-23)24-13-9-6-10-14-24/h5-17,21-22,29,31H,18-19H2,1-4H3/t21-,22+/m0/s1. The molecule has 35 heavy (non-hydrogen) atoms. The lowest BCUT2D eigenvalue weighted by Crippen LogP contribution is -2.58. The zero-order chi connectivity index (χ0) is 24.5. The van der Waals surface area contributed by atoms with Gasteiger partial charge in [0.25, 0.3) is 5.91 Å². The summed E-state index contributed by atoms with van der Waals surface area (Å²) in [4.78, 5) is 21.7. The van der Waals surface area contributed by atoms with Crippen LogP contribution < -0.4 is 4.74 Å². The molecule has 1 amide bonds. The summed E-state index contributed by atoms with van der Waals surface area (Å²) >= 11 is 0. The number of amides is 1. The lowest BCUT2D eigenvalue weighted by Gasteiger charge is -2.47. The Kier molecular flexibility index (Phi) is 6.35. The minimum atomic E-state index is 0.0255. The largest absolute Gasteiger partial charge is 0.496 e. The minimum absolute atomic E-state index is 0.0255. The van der Waals surface area contributed by atoms with Crippen LogP contribution >= 0.6 is 0 Å². The number of H-pyrrole nitrogens is 1. The number of hydrogen-bond acceptors (Lipinski definition) is 3. The molecule has 0 spiro atoms. The molecule has 2 heterocycles. The second-order valence-corrected chi connectivity index (χ2v) is 9.67. The van der Waals surface area contributed by atoms with Crippen molar-refractivity contribution in [1.82, 2.24) is 14.8 Å². The van der Waals surface area contributed by atoms with E-state index in [0.29, 0.717) is 17.9 Å². The number of nitrogens with zero attached hydrogens (tertiary/aromatic N) is 2. The van der Waals surface area contributed by atoms with E-state index in [0.717, 1.165) is 23.1 Å². The molecule has 0 bridgehead atoms. The van der Waals surface area contributed by atoms with Gasteiger partial charge in [-0.2, -0.15) is 0 Å². The Morgan fingerprint density at radius 3 is 2.14 bits per heavy atom. The number of piperazine rings is 1. The van der Waals surface area contributed by atoms with Crippen LogP contribution in [0, 0.1) is 6.92 Å². The van der Waals surface area contributed by atoms with Gasteiger partial charge in [0.05, 0.1) is 18.7 Å². The Morgan fingerprint density at radius 2 is 1.54 bits per heavy atom. The molecule has 0 aliphatic carbocycles. The molecule has 1 aliphatic heterocycles. The third-order valence-corrected chi connectivity index (χ3v) is 7.16. The first-order chi connectivity index (χ1) is 17.0. The molecule has 0 unspecified atom stereocenters. The summed E-state index contributed by atoms with van der Waals surface area (Å²) in [5, 5.41) is 1.03. The second kappa shape index (κ2) is 9.59. The molecule has 3 aromatic carbocycles. The summed E-state index contributed by atoms with van der Waals surface area (Å²) in [6.07, 6.45) is 0. The highest BCUT2D eigenvalue weighted by atomic mass is 16.5. The number of aryl methyl sites for hydroxylation is 1. The monoisotopic (exact) mass is 467 g/mol. The predicted octanol–water partition coefficient (Wildman–Crippen LogP) is 5.81. The first-order valence-corrected chi connectivity index (χ1v) is 12.3. The van der Waals surface area contributed by atoms with Crippen molar-refractivity contribution in [2.75, 3.05) is 20.2 Å². The van der Waals surface area contributed by atoms with Crippen LogP contribution in [0.1, 0.15) is 47.1 Å². The third-order valence-electron chi connectivity index (χ3n) is 7.16. The lowest BCUT2D eigenvalue weighted by atomic mass is 9.93. The maximum Gasteiger partial charge on any atom is 0.257 e. The number of rotatable bonds is 5. The van der Waals surface area contributed by atoms with E-state index in [2.05, 4.69) is 90.5 Å². The average molecular weight is 468 g/mol. The zero-order valence-corrected chi connectivity index (χ0v) is 20.9. The fraction of sp³-hybridized carbons (Fsp3) is 0.300. The van der Waals surface area contributed by atoms with Gasteiger partial charge >= 0.3 is 0 Å². The summed E-state index contributed by atoms with van der Waals surface area (Å²) < 4.78 is 5.63. The highest BCUT2D eigenvalue weighted by Gasteiger charge is 2.37. The van der Waals surface area contributed by atoms with Crippen LogP contribution in [0.15, 0.2) is 78.9 Å². The maximum absolute atomic E-state index is 13.8. The van der Waals surface area contributed by atoms with Gasteiger partial charge in [0.15, 0.2) is 0 Å². The van der Waals surface area contributed by atoms with Gasteiger partial charge < -0.3 is 14.6 Å². The van der Waals surface area contributed by atoms with Gasteiger partial charge in [0, 0.05) is 47.8 Å². The number of aromatic nitrogens is 1. The maximum atomic E-state index is 13.8. The smallest absolute Gasteiger partial charge is 0.257 e. The average Bonchev–Trinajstić information content (AvgIpc) is 3.25. The molecule has 1 fully saturated rings. The third kappa shape index (κ3) is 4.44. The SMILES string of the molecule is COc1cc2[nH]c(C)cc2cc1C(=O)N1C[C@H](C)N(C(c2ccccc2)c2ccccc2)C[C@H]1C. The van der Waals surface area contributed by atoms with E-state index in [4.69, 9.17) is 4.74 Å². The second-order valence-electron chi connectivity index (χ2n) is 9.67. The normalized spacial score (nSPS) is 18.8. The van der Waals surface area contributed by atoms with Crippen LogP contribution in [0.2, 0.25) is 0 Å². The summed E-state index contributed by atoms with van der Waals surface area (Å²) in [6, 6.07) is 27.7. The molecule has 1 aliphatic rings. The number of methoxy groups -OCH3 is 1. The van der Waals surface area contributed by atoms with Gasteiger partial charge in [-0.05, 0) is 44.0 Å². The first-order valence-electron chi connectivity index (χ1n) is 12.3. The van der Waals surface area contributed by atoms with E-state index in [9.17, 15) is 4.79 Å². The molecule has 1 aromatic heterocycles. The molecule has 0 saturated carbocycles. The Morgan fingerprint density at radius 1 is 0.914 bits per heavy atom. The molecule has 1 N–H and O–H groups in total. The fourth-order valence-corrected chi connectivity index (χ4v) is 5.44. The zero-order valence-electron chi connectivity index (χ0n) is 20.9. The molecule has 1 saturated heterocycles. The number of ether oxygens (including phenoxy) is 1. The van der Waals surface area contributed by atoms with E-state index >= 15 is 0 Å². The van der Waals surface area contributed by atoms with Crippen LogP contribution in [0.3, 0.4) is 0 Å². The van der Waals surface area contributed by atoms with Crippen molar-refractivity contribution in [3.8, 4) is 5.75 Å². The Balaban J connectivity index is 1.45. The fourth-order valence-electron chi connectivity index (χ4n) is 5.44. The summed E-state index contributed by atoms with van der Waals surface area (Å²) in [7, 11) is 1.63. The van der Waals surface area contributed by atoms with E-state index in [-0.39, 0.29) is 24.0 Å². The number of hydrogen-bond donors (Lipinski definition) is 1. The molecule has 0 radical (unpaired) electrons. The summed E-state index contributed by atoms with van der Waals surface area (Å²) in [5.41, 5.74) is 5.21. The van der Waals surface area contributed by atoms with Crippen molar-refractivity contribution >= 4 is 16.8 Å². The van der Waals surface area contributed by atoms with Gasteiger partial charge in [-0.25, -0.2) is 0 Å². The van der Waals surface area contributed by atoms with E-state index < -0.39 is 0 Å². The van der Waals surface area contributed by atoms with E-state index in [1.165, 1.54) is 11.1 Å². The molecular weight excluding hydrogens is 434 g/mol. The number of carbonyl (C=O) groups excluding carboxylic acids is 1. The van der Waals surface area contributed by atoms with Gasteiger partial charge in [-0.1, -0.05) is 60.7 Å². The van der Waals surface area contributed by atoms with Gasteiger partial charge in [-0.15, -0.1) is 0 Å². The first kappa shape index (κ1) is 23.2. The quantitative estimate of drug-likeness (QED) is 0.403. The Labute approximate surface area is 207 Å². The van der Waals surface area contributed by atoms with Gasteiger partial charge in [0.1, 0.15) is 5.75 Å². The number of aromatic amines is 1. The van der Waals surface area contributed by atoms with Gasteiger partial charge in [0.2, 0.25) is 0 Å². The summed E-state index contributed by atoms with van der Waals surface area (Å²) in [6.45, 7) is 7.84. The predicted molar refractivity (Wildman–Crippen MR) is 141 cm³/mol. The van der Waals surface area contributed by atoms with Crippen LogP contribution in [-0.2, 0) is 0 Å². The van der Waals surface area contributed by atoms with Crippen molar-refractivity contribution in [3.05, 3.63) is 101 Å². The van der Waals surface area contributed by atoms with Crippen molar-refractivity contribution < 1.29 is 9.53 Å². The highest BCUT2D eigenvalue weighted by Crippen LogP contribution is 2.34. The van der Waals surface area contributed by atoms with Crippen molar-refractivity contribution in [2.45, 2.75) is 38.9 Å². The lowest BCUT2D eigenvalue weighted by molar-refractivity contribution is 0.0207. The van der Waals surface area contributed by atoms with Crippen molar-refractivity contribution in [3.63, 3.8) is 0 Å². The highest BCUT2D eigenvalue weighted by molar-refractivity contribution is 6.01. The molecule has 5 rings (SSSR count). The summed E-state index contributed by atoms with van der Waals surface area (Å²) in [5.74, 6) is 0.635.